The van der Waals surface area contributed by atoms with Crippen LogP contribution in [0.25, 0.3) is 0 Å². The molecule has 1 saturated heterocycles. The molecule has 0 atom stereocenters. The molecule has 2 aliphatic heterocycles. The minimum absolute atomic E-state index is 0.172. The number of carbonyl (C=O) groups excluding carboxylic acids is 1. The molecule has 2 aliphatic rings. The van der Waals surface area contributed by atoms with Crippen molar-refractivity contribution in [3.05, 3.63) is 36.1 Å². The van der Waals surface area contributed by atoms with E-state index in [9.17, 15) is 4.79 Å². The summed E-state index contributed by atoms with van der Waals surface area (Å²) in [7, 11) is 0. The number of carbonyl (C=O) groups is 1. The van der Waals surface area contributed by atoms with E-state index in [-0.39, 0.29) is 11.4 Å². The molecule has 3 nitrogen and oxygen atoms in total. The van der Waals surface area contributed by atoms with E-state index in [2.05, 4.69) is 11.9 Å². The van der Waals surface area contributed by atoms with E-state index < -0.39 is 0 Å². The third kappa shape index (κ3) is 2.34. The van der Waals surface area contributed by atoms with Gasteiger partial charge in [0.15, 0.2) is 5.78 Å². The number of rotatable bonds is 2. The minimum atomic E-state index is -0.295. The van der Waals surface area contributed by atoms with Crippen molar-refractivity contribution in [1.82, 2.24) is 5.32 Å². The van der Waals surface area contributed by atoms with Gasteiger partial charge >= 0.3 is 0 Å². The minimum Gasteiger partial charge on any atom is -0.486 e. The van der Waals surface area contributed by atoms with Crippen molar-refractivity contribution in [3.8, 4) is 0 Å². The summed E-state index contributed by atoms with van der Waals surface area (Å²) in [4.78, 5) is 12.2. The van der Waals surface area contributed by atoms with Crippen LogP contribution < -0.4 is 5.32 Å². The average molecular weight is 233 g/mol. The van der Waals surface area contributed by atoms with E-state index in [1.54, 1.807) is 6.08 Å². The summed E-state index contributed by atoms with van der Waals surface area (Å²) >= 11 is 0. The number of hydrogen-bond donors (Lipinski definition) is 1. The largest absolute Gasteiger partial charge is 0.486 e. The van der Waals surface area contributed by atoms with Crippen LogP contribution in [0.2, 0.25) is 0 Å². The fourth-order valence-corrected chi connectivity index (χ4v) is 2.50. The predicted octanol–water partition coefficient (Wildman–Crippen LogP) is 2.11. The summed E-state index contributed by atoms with van der Waals surface area (Å²) in [6, 6.07) is 0. The summed E-state index contributed by atoms with van der Waals surface area (Å²) in [5.41, 5.74) is 0.364. The molecule has 1 fully saturated rings. The first-order valence-corrected chi connectivity index (χ1v) is 6.13. The summed E-state index contributed by atoms with van der Waals surface area (Å²) in [5.74, 6) is 0.812. The number of piperidine rings is 1. The van der Waals surface area contributed by atoms with Crippen molar-refractivity contribution in [3.63, 3.8) is 0 Å². The normalized spacial score (nSPS) is 24.2. The van der Waals surface area contributed by atoms with Crippen LogP contribution in [0.5, 0.6) is 0 Å². The third-order valence-corrected chi connectivity index (χ3v) is 3.41. The van der Waals surface area contributed by atoms with Crippen LogP contribution >= 0.6 is 0 Å². The van der Waals surface area contributed by atoms with E-state index >= 15 is 0 Å². The molecule has 0 amide bonds. The lowest BCUT2D eigenvalue weighted by Crippen LogP contribution is -2.47. The Kier molecular flexibility index (Phi) is 3.48. The van der Waals surface area contributed by atoms with E-state index in [1.165, 1.54) is 0 Å². The highest BCUT2D eigenvalue weighted by Crippen LogP contribution is 2.36. The van der Waals surface area contributed by atoms with E-state index in [4.69, 9.17) is 4.74 Å². The van der Waals surface area contributed by atoms with E-state index in [0.717, 1.165) is 25.9 Å². The van der Waals surface area contributed by atoms with Gasteiger partial charge in [-0.25, -0.2) is 0 Å². The van der Waals surface area contributed by atoms with Gasteiger partial charge in [0.2, 0.25) is 0 Å². The van der Waals surface area contributed by atoms with Gasteiger partial charge in [-0.1, -0.05) is 18.7 Å². The van der Waals surface area contributed by atoms with Crippen molar-refractivity contribution < 1.29 is 9.53 Å². The molecule has 0 bridgehead atoms. The summed E-state index contributed by atoms with van der Waals surface area (Å²) in [6.45, 7) is 7.47. The number of hydrogen-bond acceptors (Lipinski definition) is 3. The Labute approximate surface area is 102 Å². The Morgan fingerprint density at radius 2 is 2.12 bits per heavy atom. The van der Waals surface area contributed by atoms with Gasteiger partial charge in [-0.05, 0) is 26.1 Å². The van der Waals surface area contributed by atoms with E-state index in [1.807, 2.05) is 19.1 Å². The van der Waals surface area contributed by atoms with E-state index in [0.29, 0.717) is 17.8 Å². The Balaban J connectivity index is 2.31. The summed E-state index contributed by atoms with van der Waals surface area (Å²) in [6.07, 6.45) is 7.59. The molecule has 3 heteroatoms. The van der Waals surface area contributed by atoms with Crippen LogP contribution in [0.1, 0.15) is 26.2 Å². The van der Waals surface area contributed by atoms with Gasteiger partial charge in [-0.15, -0.1) is 0 Å². The Morgan fingerprint density at radius 1 is 1.41 bits per heavy atom. The zero-order valence-corrected chi connectivity index (χ0v) is 10.3. The van der Waals surface area contributed by atoms with Gasteiger partial charge in [0.1, 0.15) is 11.4 Å². The molecule has 92 valence electrons. The number of Topliss-reactive ketones (excluding diaryl/α,β-unsaturated/α-hetero) is 1. The van der Waals surface area contributed by atoms with Crippen LogP contribution in [-0.4, -0.2) is 24.5 Å². The first kappa shape index (κ1) is 12.1. The Hall–Kier alpha value is -1.35. The van der Waals surface area contributed by atoms with Gasteiger partial charge in [-0.2, -0.15) is 0 Å². The lowest BCUT2D eigenvalue weighted by atomic mass is 9.83. The van der Waals surface area contributed by atoms with Crippen LogP contribution in [0.4, 0.5) is 0 Å². The van der Waals surface area contributed by atoms with Crippen molar-refractivity contribution in [1.29, 1.82) is 0 Å². The molecule has 2 heterocycles. The monoisotopic (exact) mass is 233 g/mol. The fraction of sp³-hybridized carbons (Fsp3) is 0.500. The maximum Gasteiger partial charge on any atom is 0.170 e. The molecular weight excluding hydrogens is 214 g/mol. The summed E-state index contributed by atoms with van der Waals surface area (Å²) in [5, 5.41) is 3.29. The zero-order chi connectivity index (χ0) is 12.3. The van der Waals surface area contributed by atoms with Crippen molar-refractivity contribution >= 4 is 5.78 Å². The highest BCUT2D eigenvalue weighted by molar-refractivity contribution is 6.00. The molecule has 0 aliphatic carbocycles. The van der Waals surface area contributed by atoms with Crippen LogP contribution in [0.15, 0.2) is 36.1 Å². The van der Waals surface area contributed by atoms with Gasteiger partial charge < -0.3 is 10.1 Å². The topological polar surface area (TPSA) is 38.3 Å². The van der Waals surface area contributed by atoms with Crippen LogP contribution in [0.3, 0.4) is 0 Å². The lowest BCUT2D eigenvalue weighted by Gasteiger charge is -2.41. The Bertz CT molecular complexity index is 387. The first-order valence-electron chi connectivity index (χ1n) is 6.13. The smallest absolute Gasteiger partial charge is 0.170 e. The SMILES string of the molecule is C=CC1=C(/C=C\C)C(=O)CC2(CCNCC2)O1. The molecule has 0 saturated carbocycles. The van der Waals surface area contributed by atoms with Crippen molar-refractivity contribution in [2.75, 3.05) is 13.1 Å². The fourth-order valence-electron chi connectivity index (χ4n) is 2.50. The number of ether oxygens (including phenoxy) is 1. The molecule has 2 rings (SSSR count). The van der Waals surface area contributed by atoms with Gasteiger partial charge in [0.05, 0.1) is 12.0 Å². The van der Waals surface area contributed by atoms with Crippen LogP contribution in [-0.2, 0) is 9.53 Å². The second-order valence-electron chi connectivity index (χ2n) is 4.62. The Morgan fingerprint density at radius 3 is 2.71 bits per heavy atom. The highest BCUT2D eigenvalue weighted by Gasteiger charge is 2.41. The molecule has 1 N–H and O–H groups in total. The van der Waals surface area contributed by atoms with Gasteiger partial charge in [0, 0.05) is 12.8 Å². The first-order chi connectivity index (χ1) is 8.21. The number of ketones is 1. The molecule has 0 aromatic rings. The number of allylic oxidation sites excluding steroid dienone is 4. The highest BCUT2D eigenvalue weighted by atomic mass is 16.5. The third-order valence-electron chi connectivity index (χ3n) is 3.41. The standard InChI is InChI=1S/C14H19NO2/c1-3-5-11-12(16)10-14(17-13(11)4-2)6-8-15-9-7-14/h3-5,15H,2,6-10H2,1H3/b5-3-. The number of nitrogens with one attached hydrogen (secondary N) is 1. The second-order valence-corrected chi connectivity index (χ2v) is 4.62. The molecule has 0 unspecified atom stereocenters. The van der Waals surface area contributed by atoms with Crippen molar-refractivity contribution in [2.24, 2.45) is 0 Å². The maximum absolute atomic E-state index is 12.2. The van der Waals surface area contributed by atoms with Crippen molar-refractivity contribution in [2.45, 2.75) is 31.8 Å². The molecule has 17 heavy (non-hydrogen) atoms. The average Bonchev–Trinajstić information content (AvgIpc) is 2.33. The molecule has 0 radical (unpaired) electrons. The molecule has 0 aromatic heterocycles. The maximum atomic E-state index is 12.2. The van der Waals surface area contributed by atoms with Gasteiger partial charge in [-0.3, -0.25) is 4.79 Å². The predicted molar refractivity (Wildman–Crippen MR) is 67.6 cm³/mol. The molecule has 1 spiro atoms. The zero-order valence-electron chi connectivity index (χ0n) is 10.3. The van der Waals surface area contributed by atoms with Crippen LogP contribution in [0, 0.1) is 0 Å². The second kappa shape index (κ2) is 4.88. The quantitative estimate of drug-likeness (QED) is 0.794. The lowest BCUT2D eigenvalue weighted by molar-refractivity contribution is -0.126. The molecule has 0 aromatic carbocycles. The molecular formula is C14H19NO2. The van der Waals surface area contributed by atoms with Gasteiger partial charge in [0.25, 0.3) is 0 Å². The summed E-state index contributed by atoms with van der Waals surface area (Å²) < 4.78 is 6.05.